The summed E-state index contributed by atoms with van der Waals surface area (Å²) in [5.41, 5.74) is 1.11. The van der Waals surface area contributed by atoms with Crippen LogP contribution in [0, 0.1) is 11.3 Å². The van der Waals surface area contributed by atoms with Gasteiger partial charge >= 0.3 is 0 Å². The first-order valence-electron chi connectivity index (χ1n) is 7.57. The number of para-hydroxylation sites is 1. The normalized spacial score (nSPS) is 22.4. The van der Waals surface area contributed by atoms with E-state index in [4.69, 9.17) is 0 Å². The highest BCUT2D eigenvalue weighted by molar-refractivity contribution is 6.22. The minimum absolute atomic E-state index is 0.0774. The molecule has 0 aliphatic carbocycles. The molecule has 4 heteroatoms. The molecule has 2 amide bonds. The molecule has 1 atom stereocenters. The van der Waals surface area contributed by atoms with Gasteiger partial charge in [-0.25, -0.2) is 4.90 Å². The Kier molecular flexibility index (Phi) is 4.47. The maximum Gasteiger partial charge on any atom is 0.240 e. The van der Waals surface area contributed by atoms with Crippen LogP contribution in [0.25, 0.3) is 0 Å². The molecular formula is C17H24N2O2. The number of carbonyl (C=O) groups excluding carboxylic acids is 2. The number of benzene rings is 1. The second kappa shape index (κ2) is 5.98. The van der Waals surface area contributed by atoms with E-state index in [1.165, 1.54) is 4.90 Å². The van der Waals surface area contributed by atoms with Crippen LogP contribution in [-0.2, 0) is 16.1 Å². The lowest BCUT2D eigenvalue weighted by Gasteiger charge is -2.26. The monoisotopic (exact) mass is 288 g/mol. The third kappa shape index (κ3) is 2.72. The summed E-state index contributed by atoms with van der Waals surface area (Å²) in [6.45, 7) is 9.43. The van der Waals surface area contributed by atoms with Crippen LogP contribution in [0.1, 0.15) is 39.7 Å². The van der Waals surface area contributed by atoms with Gasteiger partial charge in [-0.3, -0.25) is 9.59 Å². The SMILES string of the molecule is CCNCc1ccccc1N1C(=O)CC(C)(C(C)C)C1=O. The van der Waals surface area contributed by atoms with E-state index in [0.717, 1.165) is 17.8 Å². The average Bonchev–Trinajstić information content (AvgIpc) is 2.68. The van der Waals surface area contributed by atoms with Crippen molar-refractivity contribution in [3.8, 4) is 0 Å². The van der Waals surface area contributed by atoms with E-state index in [-0.39, 0.29) is 17.7 Å². The zero-order valence-corrected chi connectivity index (χ0v) is 13.3. The number of imide groups is 1. The molecule has 4 nitrogen and oxygen atoms in total. The zero-order valence-electron chi connectivity index (χ0n) is 13.3. The van der Waals surface area contributed by atoms with E-state index in [9.17, 15) is 9.59 Å². The molecule has 0 saturated carbocycles. The molecule has 1 aromatic rings. The minimum Gasteiger partial charge on any atom is -0.313 e. The maximum atomic E-state index is 12.8. The largest absolute Gasteiger partial charge is 0.313 e. The maximum absolute atomic E-state index is 12.8. The fourth-order valence-electron chi connectivity index (χ4n) is 2.67. The molecule has 0 aromatic heterocycles. The van der Waals surface area contributed by atoms with Gasteiger partial charge in [-0.05, 0) is 31.0 Å². The van der Waals surface area contributed by atoms with Gasteiger partial charge in [0.15, 0.2) is 0 Å². The van der Waals surface area contributed by atoms with Crippen LogP contribution in [0.15, 0.2) is 24.3 Å². The van der Waals surface area contributed by atoms with Gasteiger partial charge in [0.1, 0.15) is 0 Å². The lowest BCUT2D eigenvalue weighted by molar-refractivity contribution is -0.126. The highest BCUT2D eigenvalue weighted by atomic mass is 16.2. The van der Waals surface area contributed by atoms with E-state index in [1.54, 1.807) is 0 Å². The van der Waals surface area contributed by atoms with Gasteiger partial charge in [0, 0.05) is 13.0 Å². The molecule has 1 N–H and O–H groups in total. The Morgan fingerprint density at radius 1 is 1.29 bits per heavy atom. The molecule has 21 heavy (non-hydrogen) atoms. The van der Waals surface area contributed by atoms with Crippen molar-refractivity contribution in [2.24, 2.45) is 11.3 Å². The van der Waals surface area contributed by atoms with E-state index in [2.05, 4.69) is 5.32 Å². The number of hydrogen-bond acceptors (Lipinski definition) is 3. The van der Waals surface area contributed by atoms with Crippen molar-refractivity contribution in [1.82, 2.24) is 5.32 Å². The summed E-state index contributed by atoms with van der Waals surface area (Å²) in [5.74, 6) is -0.0357. The van der Waals surface area contributed by atoms with Crippen LogP contribution in [0.4, 0.5) is 5.69 Å². The Balaban J connectivity index is 2.39. The summed E-state index contributed by atoms with van der Waals surface area (Å²) >= 11 is 0. The molecule has 2 rings (SSSR count). The Morgan fingerprint density at radius 2 is 1.95 bits per heavy atom. The number of amides is 2. The molecule has 0 bridgehead atoms. The fraction of sp³-hybridized carbons (Fsp3) is 0.529. The van der Waals surface area contributed by atoms with Crippen LogP contribution in [-0.4, -0.2) is 18.4 Å². The Morgan fingerprint density at radius 3 is 2.52 bits per heavy atom. The molecule has 0 radical (unpaired) electrons. The topological polar surface area (TPSA) is 49.4 Å². The quantitative estimate of drug-likeness (QED) is 0.848. The number of nitrogens with zero attached hydrogens (tertiary/aromatic N) is 1. The summed E-state index contributed by atoms with van der Waals surface area (Å²) in [7, 11) is 0. The van der Waals surface area contributed by atoms with Crippen molar-refractivity contribution < 1.29 is 9.59 Å². The first kappa shape index (κ1) is 15.7. The van der Waals surface area contributed by atoms with E-state index in [0.29, 0.717) is 13.0 Å². The van der Waals surface area contributed by atoms with Gasteiger partial charge < -0.3 is 5.32 Å². The van der Waals surface area contributed by atoms with Crippen molar-refractivity contribution in [2.75, 3.05) is 11.4 Å². The molecule has 1 saturated heterocycles. The summed E-state index contributed by atoms with van der Waals surface area (Å²) < 4.78 is 0. The van der Waals surface area contributed by atoms with Crippen LogP contribution in [0.3, 0.4) is 0 Å². The molecule has 1 aliphatic heterocycles. The average molecular weight is 288 g/mol. The molecule has 1 unspecified atom stereocenters. The first-order chi connectivity index (χ1) is 9.91. The number of rotatable bonds is 5. The Labute approximate surface area is 126 Å². The van der Waals surface area contributed by atoms with Crippen molar-refractivity contribution in [3.05, 3.63) is 29.8 Å². The summed E-state index contributed by atoms with van der Waals surface area (Å²) in [6, 6.07) is 7.62. The van der Waals surface area contributed by atoms with Gasteiger partial charge in [0.2, 0.25) is 11.8 Å². The first-order valence-corrected chi connectivity index (χ1v) is 7.57. The van der Waals surface area contributed by atoms with E-state index in [1.807, 2.05) is 52.0 Å². The molecule has 1 aliphatic rings. The molecular weight excluding hydrogens is 264 g/mol. The van der Waals surface area contributed by atoms with Gasteiger partial charge in [0.25, 0.3) is 0 Å². The number of hydrogen-bond donors (Lipinski definition) is 1. The standard InChI is InChI=1S/C17H24N2O2/c1-5-18-11-13-8-6-7-9-14(13)19-15(20)10-17(4,12(2)3)16(19)21/h6-9,12,18H,5,10-11H2,1-4H3. The second-order valence-corrected chi connectivity index (χ2v) is 6.19. The highest BCUT2D eigenvalue weighted by Gasteiger charge is 2.50. The lowest BCUT2D eigenvalue weighted by Crippen LogP contribution is -2.37. The van der Waals surface area contributed by atoms with Gasteiger partial charge in [-0.15, -0.1) is 0 Å². The van der Waals surface area contributed by atoms with E-state index < -0.39 is 5.41 Å². The molecule has 114 valence electrons. The Hall–Kier alpha value is -1.68. The van der Waals surface area contributed by atoms with Crippen molar-refractivity contribution in [1.29, 1.82) is 0 Å². The smallest absolute Gasteiger partial charge is 0.240 e. The summed E-state index contributed by atoms with van der Waals surface area (Å²) in [6.07, 6.45) is 0.291. The molecule has 1 heterocycles. The third-order valence-corrected chi connectivity index (χ3v) is 4.53. The Bertz CT molecular complexity index is 553. The predicted octanol–water partition coefficient (Wildman–Crippen LogP) is 2.72. The van der Waals surface area contributed by atoms with E-state index >= 15 is 0 Å². The molecule has 0 spiro atoms. The van der Waals surface area contributed by atoms with Crippen molar-refractivity contribution >= 4 is 17.5 Å². The van der Waals surface area contributed by atoms with Crippen LogP contribution in [0.5, 0.6) is 0 Å². The second-order valence-electron chi connectivity index (χ2n) is 6.19. The number of anilines is 1. The predicted molar refractivity (Wildman–Crippen MR) is 83.9 cm³/mol. The number of carbonyl (C=O) groups is 2. The zero-order chi connectivity index (χ0) is 15.6. The minimum atomic E-state index is -0.595. The fourth-order valence-corrected chi connectivity index (χ4v) is 2.67. The van der Waals surface area contributed by atoms with Crippen molar-refractivity contribution in [3.63, 3.8) is 0 Å². The summed E-state index contributed by atoms with van der Waals surface area (Å²) in [5, 5.41) is 3.25. The van der Waals surface area contributed by atoms with Gasteiger partial charge in [0.05, 0.1) is 11.1 Å². The van der Waals surface area contributed by atoms with Crippen LogP contribution >= 0.6 is 0 Å². The third-order valence-electron chi connectivity index (χ3n) is 4.53. The highest BCUT2D eigenvalue weighted by Crippen LogP contribution is 2.41. The van der Waals surface area contributed by atoms with Crippen LogP contribution in [0.2, 0.25) is 0 Å². The molecule has 1 fully saturated rings. The summed E-state index contributed by atoms with van der Waals surface area (Å²) in [4.78, 5) is 26.6. The number of nitrogens with one attached hydrogen (secondary N) is 1. The van der Waals surface area contributed by atoms with Crippen molar-refractivity contribution in [2.45, 2.75) is 40.7 Å². The van der Waals surface area contributed by atoms with Gasteiger partial charge in [-0.1, -0.05) is 39.0 Å². The molecule has 1 aromatic carbocycles. The van der Waals surface area contributed by atoms with Gasteiger partial charge in [-0.2, -0.15) is 0 Å². The lowest BCUT2D eigenvalue weighted by atomic mass is 9.78. The van der Waals surface area contributed by atoms with Crippen LogP contribution < -0.4 is 10.2 Å².